The van der Waals surface area contributed by atoms with E-state index in [-0.39, 0.29) is 11.3 Å². The van der Waals surface area contributed by atoms with Crippen molar-refractivity contribution in [1.29, 1.82) is 0 Å². The molecule has 0 aliphatic heterocycles. The molecule has 0 heterocycles. The molecule has 0 bridgehead atoms. The summed E-state index contributed by atoms with van der Waals surface area (Å²) in [6, 6.07) is 9.44. The summed E-state index contributed by atoms with van der Waals surface area (Å²) < 4.78 is 74.8. The molecule has 28 heavy (non-hydrogen) atoms. The van der Waals surface area contributed by atoms with Crippen molar-refractivity contribution in [3.63, 3.8) is 0 Å². The molecular formula is C16H13BF3NO6S. The van der Waals surface area contributed by atoms with Gasteiger partial charge in [0.05, 0.1) is 13.2 Å². The summed E-state index contributed by atoms with van der Waals surface area (Å²) in [4.78, 5) is 3.23. The van der Waals surface area contributed by atoms with Gasteiger partial charge >= 0.3 is 22.7 Å². The van der Waals surface area contributed by atoms with Crippen LogP contribution in [-0.4, -0.2) is 26.1 Å². The highest BCUT2D eigenvalue weighted by Gasteiger charge is 2.48. The number of rotatable bonds is 7. The predicted molar refractivity (Wildman–Crippen MR) is 93.4 cm³/mol. The minimum Gasteiger partial charge on any atom is -0.457 e. The van der Waals surface area contributed by atoms with Crippen molar-refractivity contribution in [2.24, 2.45) is 0 Å². The molecule has 0 saturated heterocycles. The van der Waals surface area contributed by atoms with E-state index < -0.39 is 35.1 Å². The van der Waals surface area contributed by atoms with Crippen LogP contribution in [-0.2, 0) is 21.4 Å². The number of benzene rings is 2. The topological polar surface area (TPSA) is 86.4 Å². The lowest BCUT2D eigenvalue weighted by Crippen LogP contribution is -2.28. The molecule has 0 amide bonds. The fourth-order valence-corrected chi connectivity index (χ4v) is 2.41. The molecule has 0 unspecified atom stereocenters. The Labute approximate surface area is 159 Å². The van der Waals surface area contributed by atoms with E-state index in [4.69, 9.17) is 16.0 Å². The van der Waals surface area contributed by atoms with Gasteiger partial charge in [-0.1, -0.05) is 12.1 Å². The molecule has 0 fully saturated rings. The Morgan fingerprint density at radius 1 is 1.14 bits per heavy atom. The van der Waals surface area contributed by atoms with Crippen molar-refractivity contribution in [3.8, 4) is 17.2 Å². The van der Waals surface area contributed by atoms with Gasteiger partial charge in [-0.3, -0.25) is 0 Å². The second kappa shape index (κ2) is 8.51. The maximum atomic E-state index is 12.6. The average molecular weight is 415 g/mol. The highest BCUT2D eigenvalue weighted by atomic mass is 32.2. The number of ether oxygens (including phenoxy) is 1. The quantitative estimate of drug-likeness (QED) is 0.320. The highest BCUT2D eigenvalue weighted by molar-refractivity contribution is 7.88. The van der Waals surface area contributed by atoms with Gasteiger partial charge in [0.15, 0.2) is 5.69 Å². The van der Waals surface area contributed by atoms with Gasteiger partial charge in [0.1, 0.15) is 17.2 Å². The first-order valence-electron chi connectivity index (χ1n) is 7.60. The summed E-state index contributed by atoms with van der Waals surface area (Å²) in [5, 5.41) is 9.20. The van der Waals surface area contributed by atoms with Crippen molar-refractivity contribution in [3.05, 3.63) is 59.4 Å². The molecule has 0 aliphatic carbocycles. The normalized spacial score (nSPS) is 11.6. The van der Waals surface area contributed by atoms with Crippen molar-refractivity contribution in [2.45, 2.75) is 18.9 Å². The standard InChI is InChI=1S/C16H13BF3NO6S/c1-17(22)25-10-11-9-14(26-13-5-3-12(21-2)4-6-13)7-8-15(11)27-28(23,24)16(18,19)20/h3-9,22H,10H2,1H3. The van der Waals surface area contributed by atoms with Crippen LogP contribution in [0.5, 0.6) is 17.2 Å². The molecule has 1 N–H and O–H groups in total. The lowest BCUT2D eigenvalue weighted by Gasteiger charge is -2.15. The molecule has 7 nitrogen and oxygen atoms in total. The first-order valence-corrected chi connectivity index (χ1v) is 9.01. The Kier molecular flexibility index (Phi) is 6.55. The van der Waals surface area contributed by atoms with Crippen LogP contribution in [0.3, 0.4) is 0 Å². The molecular weight excluding hydrogens is 402 g/mol. The van der Waals surface area contributed by atoms with Gasteiger partial charge in [0, 0.05) is 5.56 Å². The fourth-order valence-electron chi connectivity index (χ4n) is 1.91. The maximum absolute atomic E-state index is 12.6. The monoisotopic (exact) mass is 415 g/mol. The number of hydrogen-bond donors (Lipinski definition) is 1. The van der Waals surface area contributed by atoms with Crippen LogP contribution in [0.1, 0.15) is 5.56 Å². The number of hydrogen-bond acceptors (Lipinski definition) is 6. The summed E-state index contributed by atoms with van der Waals surface area (Å²) in [5.41, 5.74) is -5.31. The third kappa shape index (κ3) is 5.62. The molecule has 12 heteroatoms. The summed E-state index contributed by atoms with van der Waals surface area (Å²) >= 11 is 0. The van der Waals surface area contributed by atoms with E-state index in [0.717, 1.165) is 6.07 Å². The van der Waals surface area contributed by atoms with Gasteiger partial charge in [-0.2, -0.15) is 21.6 Å². The predicted octanol–water partition coefficient (Wildman–Crippen LogP) is 3.88. The third-order valence-electron chi connectivity index (χ3n) is 3.20. The summed E-state index contributed by atoms with van der Waals surface area (Å²) in [5.74, 6) is -0.128. The van der Waals surface area contributed by atoms with Gasteiger partial charge in [-0.25, -0.2) is 4.85 Å². The minimum atomic E-state index is -5.88. The number of halogens is 3. The van der Waals surface area contributed by atoms with Gasteiger partial charge in [-0.15, -0.1) is 0 Å². The first kappa shape index (κ1) is 21.6. The number of alkyl halides is 3. The van der Waals surface area contributed by atoms with Crippen LogP contribution in [0, 0.1) is 6.57 Å². The van der Waals surface area contributed by atoms with Gasteiger partial charge < -0.3 is 18.6 Å². The van der Waals surface area contributed by atoms with E-state index in [9.17, 15) is 26.6 Å². The van der Waals surface area contributed by atoms with E-state index in [0.29, 0.717) is 11.4 Å². The minimum absolute atomic E-state index is 0.0935. The Hall–Kier alpha value is -2.75. The Morgan fingerprint density at radius 3 is 2.29 bits per heavy atom. The van der Waals surface area contributed by atoms with Crippen LogP contribution in [0.4, 0.5) is 18.9 Å². The van der Waals surface area contributed by atoms with E-state index in [1.807, 2.05) is 0 Å². The largest absolute Gasteiger partial charge is 0.534 e. The van der Waals surface area contributed by atoms with Gasteiger partial charge in [-0.05, 0) is 37.2 Å². The van der Waals surface area contributed by atoms with E-state index >= 15 is 0 Å². The zero-order valence-corrected chi connectivity index (χ0v) is 15.1. The molecule has 0 saturated carbocycles. The molecule has 2 aromatic carbocycles. The summed E-state index contributed by atoms with van der Waals surface area (Å²) in [6.07, 6.45) is 0. The summed E-state index contributed by atoms with van der Waals surface area (Å²) in [6.45, 7) is 7.72. The lowest BCUT2D eigenvalue weighted by atomic mass is 9.96. The van der Waals surface area contributed by atoms with Crippen molar-refractivity contribution in [2.75, 3.05) is 0 Å². The van der Waals surface area contributed by atoms with Gasteiger partial charge in [0.25, 0.3) is 0 Å². The van der Waals surface area contributed by atoms with Crippen LogP contribution >= 0.6 is 0 Å². The molecule has 2 rings (SSSR count). The van der Waals surface area contributed by atoms with E-state index in [1.54, 1.807) is 0 Å². The Balaban J connectivity index is 2.32. The Morgan fingerprint density at radius 2 is 1.75 bits per heavy atom. The van der Waals surface area contributed by atoms with Crippen molar-refractivity contribution < 1.29 is 40.2 Å². The zero-order valence-electron chi connectivity index (χ0n) is 14.3. The first-order chi connectivity index (χ1) is 13.0. The maximum Gasteiger partial charge on any atom is 0.534 e. The average Bonchev–Trinajstić information content (AvgIpc) is 2.61. The lowest BCUT2D eigenvalue weighted by molar-refractivity contribution is -0.0500. The molecule has 148 valence electrons. The van der Waals surface area contributed by atoms with Crippen molar-refractivity contribution >= 4 is 22.9 Å². The Bertz CT molecular complexity index is 971. The zero-order chi connectivity index (χ0) is 20.9. The second-order valence-electron chi connectivity index (χ2n) is 5.37. The van der Waals surface area contributed by atoms with Crippen LogP contribution in [0.15, 0.2) is 42.5 Å². The fraction of sp³-hybridized carbons (Fsp3) is 0.188. The molecule has 0 atom stereocenters. The SMILES string of the molecule is [C-]#[N+]c1ccc(Oc2ccc(OS(=O)(=O)C(F)(F)F)c(COB(C)O)c2)cc1. The highest BCUT2D eigenvalue weighted by Crippen LogP contribution is 2.33. The molecule has 0 radical (unpaired) electrons. The smallest absolute Gasteiger partial charge is 0.457 e. The molecule has 0 spiro atoms. The molecule has 0 aliphatic rings. The van der Waals surface area contributed by atoms with Gasteiger partial charge in [0.2, 0.25) is 0 Å². The van der Waals surface area contributed by atoms with E-state index in [1.165, 1.54) is 43.2 Å². The van der Waals surface area contributed by atoms with Crippen LogP contribution < -0.4 is 8.92 Å². The van der Waals surface area contributed by atoms with Crippen LogP contribution in [0.25, 0.3) is 4.85 Å². The molecule has 0 aromatic heterocycles. The molecule has 2 aromatic rings. The second-order valence-corrected chi connectivity index (χ2v) is 6.91. The number of nitrogens with zero attached hydrogens (tertiary/aromatic N) is 1. The summed E-state index contributed by atoms with van der Waals surface area (Å²) in [7, 11) is -7.13. The van der Waals surface area contributed by atoms with Crippen molar-refractivity contribution in [1.82, 2.24) is 0 Å². The van der Waals surface area contributed by atoms with E-state index in [2.05, 4.69) is 9.03 Å². The van der Waals surface area contributed by atoms with Crippen LogP contribution in [0.2, 0.25) is 6.82 Å². The third-order valence-corrected chi connectivity index (χ3v) is 4.16.